The Morgan fingerprint density at radius 2 is 1.88 bits per heavy atom. The van der Waals surface area contributed by atoms with Gasteiger partial charge in [-0.15, -0.1) is 0 Å². The highest BCUT2D eigenvalue weighted by Gasteiger charge is 2.31. The highest BCUT2D eigenvalue weighted by Crippen LogP contribution is 2.32. The van der Waals surface area contributed by atoms with Crippen molar-refractivity contribution in [3.8, 4) is 0 Å². The van der Waals surface area contributed by atoms with Gasteiger partial charge in [-0.25, -0.2) is 0 Å². The smallest absolute Gasteiger partial charge is 0.386 e. The Hall–Kier alpha value is -1.07. The Balaban J connectivity index is 3.06. The van der Waals surface area contributed by atoms with Gasteiger partial charge in [0, 0.05) is 7.11 Å². The minimum absolute atomic E-state index is 0.399. The normalized spacial score (nSPS) is 15.7. The van der Waals surface area contributed by atoms with Crippen LogP contribution >= 0.6 is 0 Å². The predicted octanol–water partition coefficient (Wildman–Crippen LogP) is 3.08. The molecule has 0 heterocycles. The van der Waals surface area contributed by atoms with Crippen molar-refractivity contribution in [3.05, 3.63) is 34.9 Å². The van der Waals surface area contributed by atoms with E-state index in [4.69, 9.17) is 4.74 Å². The fourth-order valence-electron chi connectivity index (χ4n) is 1.57. The van der Waals surface area contributed by atoms with E-state index >= 15 is 0 Å². The summed E-state index contributed by atoms with van der Waals surface area (Å²) in [5.74, 6) is 0. The van der Waals surface area contributed by atoms with Gasteiger partial charge in [-0.3, -0.25) is 0 Å². The highest BCUT2D eigenvalue weighted by molar-refractivity contribution is 5.34. The second-order valence-corrected chi connectivity index (χ2v) is 3.95. The van der Waals surface area contributed by atoms with Gasteiger partial charge in [-0.05, 0) is 37.1 Å². The minimum Gasteiger partial charge on any atom is -0.386 e. The van der Waals surface area contributed by atoms with Crippen molar-refractivity contribution >= 4 is 0 Å². The Morgan fingerprint density at radius 1 is 1.29 bits per heavy atom. The van der Waals surface area contributed by atoms with E-state index in [0.29, 0.717) is 11.1 Å². The Labute approximate surface area is 98.0 Å². The quantitative estimate of drug-likeness (QED) is 0.890. The van der Waals surface area contributed by atoms with E-state index in [1.54, 1.807) is 6.92 Å². The average Bonchev–Trinajstić information content (AvgIpc) is 2.25. The Kier molecular flexibility index (Phi) is 4.16. The van der Waals surface area contributed by atoms with Crippen LogP contribution in [0.15, 0.2) is 18.2 Å². The van der Waals surface area contributed by atoms with Crippen LogP contribution in [-0.4, -0.2) is 18.3 Å². The van der Waals surface area contributed by atoms with Gasteiger partial charge in [0.05, 0.1) is 11.7 Å². The molecule has 0 amide bonds. The molecule has 1 N–H and O–H groups in total. The fourth-order valence-corrected chi connectivity index (χ4v) is 1.57. The monoisotopic (exact) mass is 248 g/mol. The number of hydrogen-bond donors (Lipinski definition) is 1. The number of rotatable bonds is 3. The number of aryl methyl sites for hydroxylation is 1. The number of aliphatic hydroxyl groups is 1. The number of hydrogen-bond acceptors (Lipinski definition) is 2. The van der Waals surface area contributed by atoms with Crippen LogP contribution in [0.2, 0.25) is 0 Å². The third kappa shape index (κ3) is 3.20. The molecule has 0 fully saturated rings. The second kappa shape index (κ2) is 5.06. The van der Waals surface area contributed by atoms with Crippen molar-refractivity contribution in [2.45, 2.75) is 32.2 Å². The number of alkyl halides is 3. The molecule has 2 nitrogen and oxygen atoms in total. The first-order valence-corrected chi connectivity index (χ1v) is 5.16. The molecule has 0 bridgehead atoms. The summed E-state index contributed by atoms with van der Waals surface area (Å²) in [6.07, 6.45) is -5.76. The summed E-state index contributed by atoms with van der Waals surface area (Å²) in [5.41, 5.74) is 0.139. The Bertz CT molecular complexity index is 388. The third-order valence-electron chi connectivity index (χ3n) is 2.73. The lowest BCUT2D eigenvalue weighted by molar-refractivity contribution is -0.137. The summed E-state index contributed by atoms with van der Waals surface area (Å²) in [5, 5.41) is 9.86. The zero-order chi connectivity index (χ0) is 13.2. The topological polar surface area (TPSA) is 29.5 Å². The molecular formula is C12H15F3O2. The zero-order valence-electron chi connectivity index (χ0n) is 9.88. The SMILES string of the molecule is COC(C)C(O)c1ccc(C(F)(F)F)cc1C. The maximum Gasteiger partial charge on any atom is 0.416 e. The van der Waals surface area contributed by atoms with E-state index in [-0.39, 0.29) is 0 Å². The minimum atomic E-state index is -4.36. The van der Waals surface area contributed by atoms with Crippen molar-refractivity contribution in [2.24, 2.45) is 0 Å². The summed E-state index contributed by atoms with van der Waals surface area (Å²) in [4.78, 5) is 0. The van der Waals surface area contributed by atoms with Crippen LogP contribution in [-0.2, 0) is 10.9 Å². The summed E-state index contributed by atoms with van der Waals surface area (Å²) >= 11 is 0. The van der Waals surface area contributed by atoms with Crippen molar-refractivity contribution < 1.29 is 23.0 Å². The van der Waals surface area contributed by atoms with Crippen molar-refractivity contribution in [1.82, 2.24) is 0 Å². The summed E-state index contributed by atoms with van der Waals surface area (Å²) in [7, 11) is 1.44. The van der Waals surface area contributed by atoms with Crippen LogP contribution in [0, 0.1) is 6.92 Å². The van der Waals surface area contributed by atoms with Gasteiger partial charge < -0.3 is 9.84 Å². The van der Waals surface area contributed by atoms with Crippen LogP contribution in [0.4, 0.5) is 13.2 Å². The number of halogens is 3. The standard InChI is InChI=1S/C12H15F3O2/c1-7-6-9(12(13,14)15)4-5-10(7)11(16)8(2)17-3/h4-6,8,11,16H,1-3H3. The lowest BCUT2D eigenvalue weighted by Crippen LogP contribution is -2.18. The molecule has 0 aliphatic heterocycles. The summed E-state index contributed by atoms with van der Waals surface area (Å²) < 4.78 is 42.3. The van der Waals surface area contributed by atoms with Gasteiger partial charge >= 0.3 is 6.18 Å². The second-order valence-electron chi connectivity index (χ2n) is 3.95. The zero-order valence-corrected chi connectivity index (χ0v) is 9.88. The molecular weight excluding hydrogens is 233 g/mol. The van der Waals surface area contributed by atoms with E-state index < -0.39 is 23.9 Å². The maximum atomic E-state index is 12.4. The molecule has 0 aliphatic carbocycles. The summed E-state index contributed by atoms with van der Waals surface area (Å²) in [6, 6.07) is 3.28. The molecule has 0 aromatic heterocycles. The van der Waals surface area contributed by atoms with Crippen molar-refractivity contribution in [1.29, 1.82) is 0 Å². The summed E-state index contributed by atoms with van der Waals surface area (Å²) in [6.45, 7) is 3.19. The number of benzene rings is 1. The average molecular weight is 248 g/mol. The molecule has 0 spiro atoms. The van der Waals surface area contributed by atoms with E-state index in [1.807, 2.05) is 0 Å². The predicted molar refractivity (Wildman–Crippen MR) is 57.6 cm³/mol. The Morgan fingerprint density at radius 3 is 2.29 bits per heavy atom. The number of ether oxygens (including phenoxy) is 1. The lowest BCUT2D eigenvalue weighted by atomic mass is 9.98. The van der Waals surface area contributed by atoms with E-state index in [1.165, 1.54) is 20.1 Å². The van der Waals surface area contributed by atoms with Gasteiger partial charge in [-0.2, -0.15) is 13.2 Å². The molecule has 96 valence electrons. The third-order valence-corrected chi connectivity index (χ3v) is 2.73. The van der Waals surface area contributed by atoms with Crippen LogP contribution < -0.4 is 0 Å². The molecule has 1 aromatic rings. The molecule has 1 rings (SSSR count). The van der Waals surface area contributed by atoms with E-state index in [2.05, 4.69) is 0 Å². The number of methoxy groups -OCH3 is 1. The molecule has 17 heavy (non-hydrogen) atoms. The molecule has 0 saturated carbocycles. The molecule has 2 unspecified atom stereocenters. The lowest BCUT2D eigenvalue weighted by Gasteiger charge is -2.20. The molecule has 2 atom stereocenters. The molecule has 0 aliphatic rings. The fraction of sp³-hybridized carbons (Fsp3) is 0.500. The maximum absolute atomic E-state index is 12.4. The molecule has 0 saturated heterocycles. The first kappa shape index (κ1) is 14.0. The van der Waals surface area contributed by atoms with Crippen LogP contribution in [0.3, 0.4) is 0 Å². The van der Waals surface area contributed by atoms with E-state index in [0.717, 1.165) is 12.1 Å². The molecule has 0 radical (unpaired) electrons. The van der Waals surface area contributed by atoms with Gasteiger partial charge in [0.25, 0.3) is 0 Å². The first-order chi connectivity index (χ1) is 7.77. The largest absolute Gasteiger partial charge is 0.416 e. The molecule has 5 heteroatoms. The van der Waals surface area contributed by atoms with Crippen LogP contribution in [0.1, 0.15) is 29.7 Å². The number of aliphatic hydroxyl groups excluding tert-OH is 1. The first-order valence-electron chi connectivity index (χ1n) is 5.16. The van der Waals surface area contributed by atoms with Gasteiger partial charge in [0.1, 0.15) is 6.10 Å². The highest BCUT2D eigenvalue weighted by atomic mass is 19.4. The van der Waals surface area contributed by atoms with Crippen molar-refractivity contribution in [3.63, 3.8) is 0 Å². The molecule has 1 aromatic carbocycles. The van der Waals surface area contributed by atoms with Gasteiger partial charge in [0.2, 0.25) is 0 Å². The van der Waals surface area contributed by atoms with Crippen molar-refractivity contribution in [2.75, 3.05) is 7.11 Å². The van der Waals surface area contributed by atoms with Gasteiger partial charge in [-0.1, -0.05) is 6.07 Å². The van der Waals surface area contributed by atoms with E-state index in [9.17, 15) is 18.3 Å². The van der Waals surface area contributed by atoms with Crippen LogP contribution in [0.25, 0.3) is 0 Å². The van der Waals surface area contributed by atoms with Crippen LogP contribution in [0.5, 0.6) is 0 Å². The van der Waals surface area contributed by atoms with Gasteiger partial charge in [0.15, 0.2) is 0 Å².